The van der Waals surface area contributed by atoms with Gasteiger partial charge in [-0.3, -0.25) is 0 Å². The first kappa shape index (κ1) is 18.0. The van der Waals surface area contributed by atoms with E-state index in [9.17, 15) is 0 Å². The summed E-state index contributed by atoms with van der Waals surface area (Å²) < 4.78 is 9.77. The van der Waals surface area contributed by atoms with E-state index in [1.165, 1.54) is 5.56 Å². The van der Waals surface area contributed by atoms with E-state index in [0.29, 0.717) is 17.4 Å². The van der Waals surface area contributed by atoms with E-state index >= 15 is 0 Å². The molecule has 3 rings (SSSR count). The summed E-state index contributed by atoms with van der Waals surface area (Å²) in [6.07, 6.45) is 3.38. The predicted octanol–water partition coefficient (Wildman–Crippen LogP) is 5.86. The summed E-state index contributed by atoms with van der Waals surface area (Å²) >= 11 is 0. The monoisotopic (exact) mass is 354 g/mol. The molecule has 0 spiro atoms. The van der Waals surface area contributed by atoms with Crippen molar-refractivity contribution >= 4 is 0 Å². The molecular formula is C23H18N2O2. The summed E-state index contributed by atoms with van der Waals surface area (Å²) in [6, 6.07) is 21.3. The topological polar surface area (TPSA) is 66.0 Å². The molecule has 0 saturated heterocycles. The summed E-state index contributed by atoms with van der Waals surface area (Å²) in [5, 5.41) is 17.3. The molecule has 0 fully saturated rings. The SMILES string of the molecule is CC(C)c1cccc(-c2ccc(OC#N)cc2)c1-c1ccc(OC#N)cc1. The largest absolute Gasteiger partial charge is 0.388 e. The van der Waals surface area contributed by atoms with Gasteiger partial charge in [0.15, 0.2) is 0 Å². The second kappa shape index (κ2) is 8.08. The summed E-state index contributed by atoms with van der Waals surface area (Å²) in [4.78, 5) is 0. The number of hydrogen-bond donors (Lipinski definition) is 0. The van der Waals surface area contributed by atoms with Crippen LogP contribution in [-0.2, 0) is 0 Å². The molecule has 0 bridgehead atoms. The molecule has 0 N–H and O–H groups in total. The Bertz CT molecular complexity index is 1010. The highest BCUT2D eigenvalue weighted by Gasteiger charge is 2.15. The first-order valence-electron chi connectivity index (χ1n) is 8.59. The highest BCUT2D eigenvalue weighted by atomic mass is 16.5. The van der Waals surface area contributed by atoms with Crippen LogP contribution in [0.15, 0.2) is 66.7 Å². The zero-order chi connectivity index (χ0) is 19.2. The lowest BCUT2D eigenvalue weighted by atomic mass is 9.86. The molecule has 0 aliphatic carbocycles. The van der Waals surface area contributed by atoms with Crippen molar-refractivity contribution in [3.05, 3.63) is 72.3 Å². The standard InChI is InChI=1S/C23H18N2O2/c1-16(2)21-4-3-5-22(17-6-10-19(11-7-17)26-14-24)23(21)18-8-12-20(13-9-18)27-15-25/h3-13,16H,1-2H3. The Morgan fingerprint density at radius 1 is 0.704 bits per heavy atom. The number of nitriles is 2. The second-order valence-corrected chi connectivity index (χ2v) is 6.36. The molecule has 3 aromatic rings. The van der Waals surface area contributed by atoms with Crippen LogP contribution in [0.5, 0.6) is 11.5 Å². The van der Waals surface area contributed by atoms with Gasteiger partial charge in [0.1, 0.15) is 11.5 Å². The average molecular weight is 354 g/mol. The fourth-order valence-electron chi connectivity index (χ4n) is 3.11. The summed E-state index contributed by atoms with van der Waals surface area (Å²) in [5.74, 6) is 1.37. The summed E-state index contributed by atoms with van der Waals surface area (Å²) in [5.41, 5.74) is 5.56. The van der Waals surface area contributed by atoms with Crippen molar-refractivity contribution in [2.24, 2.45) is 0 Å². The lowest BCUT2D eigenvalue weighted by Gasteiger charge is -2.18. The molecular weight excluding hydrogens is 336 g/mol. The van der Waals surface area contributed by atoms with Crippen LogP contribution in [0.25, 0.3) is 22.3 Å². The molecule has 0 aromatic heterocycles. The number of rotatable bonds is 5. The van der Waals surface area contributed by atoms with Gasteiger partial charge in [0.05, 0.1) is 0 Å². The first-order valence-corrected chi connectivity index (χ1v) is 8.59. The molecule has 0 radical (unpaired) electrons. The van der Waals surface area contributed by atoms with Gasteiger partial charge in [0.25, 0.3) is 12.5 Å². The third-order valence-corrected chi connectivity index (χ3v) is 4.35. The van der Waals surface area contributed by atoms with Crippen molar-refractivity contribution in [2.45, 2.75) is 19.8 Å². The Kier molecular flexibility index (Phi) is 5.40. The Morgan fingerprint density at radius 3 is 1.70 bits per heavy atom. The Labute approximate surface area is 158 Å². The van der Waals surface area contributed by atoms with Gasteiger partial charge in [-0.15, -0.1) is 10.5 Å². The minimum absolute atomic E-state index is 0.344. The van der Waals surface area contributed by atoms with E-state index in [-0.39, 0.29) is 0 Å². The van der Waals surface area contributed by atoms with Gasteiger partial charge in [-0.05, 0) is 58.0 Å². The Hall–Kier alpha value is -3.76. The third kappa shape index (κ3) is 3.92. The van der Waals surface area contributed by atoms with E-state index in [1.807, 2.05) is 24.3 Å². The molecule has 27 heavy (non-hydrogen) atoms. The smallest absolute Gasteiger partial charge is 0.292 e. The summed E-state index contributed by atoms with van der Waals surface area (Å²) in [7, 11) is 0. The maximum absolute atomic E-state index is 8.67. The van der Waals surface area contributed by atoms with Crippen LogP contribution in [-0.4, -0.2) is 0 Å². The molecule has 3 aromatic carbocycles. The van der Waals surface area contributed by atoms with Gasteiger partial charge in [-0.1, -0.05) is 56.3 Å². The van der Waals surface area contributed by atoms with Crippen LogP contribution in [0, 0.1) is 23.0 Å². The number of ether oxygens (including phenoxy) is 2. The van der Waals surface area contributed by atoms with Crippen molar-refractivity contribution in [3.8, 4) is 46.3 Å². The first-order chi connectivity index (χ1) is 13.1. The molecule has 0 heterocycles. The molecule has 0 aliphatic heterocycles. The van der Waals surface area contributed by atoms with Gasteiger partial charge in [-0.2, -0.15) is 0 Å². The van der Waals surface area contributed by atoms with Gasteiger partial charge >= 0.3 is 0 Å². The molecule has 0 atom stereocenters. The molecule has 4 nitrogen and oxygen atoms in total. The van der Waals surface area contributed by atoms with E-state index in [2.05, 4.69) is 32.0 Å². The van der Waals surface area contributed by atoms with Crippen molar-refractivity contribution in [1.82, 2.24) is 0 Å². The third-order valence-electron chi connectivity index (χ3n) is 4.35. The van der Waals surface area contributed by atoms with E-state index in [1.54, 1.807) is 36.8 Å². The van der Waals surface area contributed by atoms with Crippen LogP contribution in [0.1, 0.15) is 25.3 Å². The molecule has 0 unspecified atom stereocenters. The van der Waals surface area contributed by atoms with Crippen LogP contribution in [0.2, 0.25) is 0 Å². The fourth-order valence-corrected chi connectivity index (χ4v) is 3.11. The van der Waals surface area contributed by atoms with Crippen molar-refractivity contribution in [3.63, 3.8) is 0 Å². The van der Waals surface area contributed by atoms with Gasteiger partial charge in [-0.25, -0.2) is 0 Å². The maximum Gasteiger partial charge on any atom is 0.292 e. The Morgan fingerprint density at radius 2 is 1.22 bits per heavy atom. The molecule has 132 valence electrons. The van der Waals surface area contributed by atoms with Gasteiger partial charge in [0, 0.05) is 0 Å². The van der Waals surface area contributed by atoms with Crippen molar-refractivity contribution in [1.29, 1.82) is 10.5 Å². The second-order valence-electron chi connectivity index (χ2n) is 6.36. The number of hydrogen-bond acceptors (Lipinski definition) is 4. The molecule has 0 amide bonds. The lowest BCUT2D eigenvalue weighted by molar-refractivity contribution is 0.507. The highest BCUT2D eigenvalue weighted by molar-refractivity contribution is 5.86. The van der Waals surface area contributed by atoms with Gasteiger partial charge < -0.3 is 9.47 Å². The van der Waals surface area contributed by atoms with Crippen LogP contribution < -0.4 is 9.47 Å². The van der Waals surface area contributed by atoms with Crippen LogP contribution in [0.3, 0.4) is 0 Å². The lowest BCUT2D eigenvalue weighted by Crippen LogP contribution is -1.96. The van der Waals surface area contributed by atoms with E-state index in [0.717, 1.165) is 22.3 Å². The highest BCUT2D eigenvalue weighted by Crippen LogP contribution is 2.39. The van der Waals surface area contributed by atoms with Crippen LogP contribution in [0.4, 0.5) is 0 Å². The minimum Gasteiger partial charge on any atom is -0.388 e. The molecule has 4 heteroatoms. The minimum atomic E-state index is 0.344. The molecule has 0 aliphatic rings. The zero-order valence-electron chi connectivity index (χ0n) is 15.1. The normalized spacial score (nSPS) is 10.1. The van der Waals surface area contributed by atoms with E-state index in [4.69, 9.17) is 20.0 Å². The van der Waals surface area contributed by atoms with E-state index < -0.39 is 0 Å². The number of benzene rings is 3. The quantitative estimate of drug-likeness (QED) is 0.538. The zero-order valence-corrected chi connectivity index (χ0v) is 15.1. The predicted molar refractivity (Wildman–Crippen MR) is 104 cm³/mol. The fraction of sp³-hybridized carbons (Fsp3) is 0.130. The number of nitrogens with zero attached hydrogens (tertiary/aromatic N) is 2. The average Bonchev–Trinajstić information content (AvgIpc) is 2.69. The molecule has 0 saturated carbocycles. The summed E-state index contributed by atoms with van der Waals surface area (Å²) in [6.45, 7) is 4.33. The Balaban J connectivity index is 2.13. The maximum atomic E-state index is 8.67. The van der Waals surface area contributed by atoms with Crippen LogP contribution >= 0.6 is 0 Å². The van der Waals surface area contributed by atoms with Crippen molar-refractivity contribution < 1.29 is 9.47 Å². The van der Waals surface area contributed by atoms with Gasteiger partial charge in [0.2, 0.25) is 0 Å². The van der Waals surface area contributed by atoms with Crippen molar-refractivity contribution in [2.75, 3.05) is 0 Å².